The van der Waals surface area contributed by atoms with E-state index < -0.39 is 11.7 Å². The van der Waals surface area contributed by atoms with Crippen molar-refractivity contribution in [3.05, 3.63) is 23.3 Å². The van der Waals surface area contributed by atoms with Crippen LogP contribution >= 0.6 is 0 Å². The summed E-state index contributed by atoms with van der Waals surface area (Å²) in [5.41, 5.74) is 5.48. The molecule has 3 nitrogen and oxygen atoms in total. The predicted molar refractivity (Wildman–Crippen MR) is 62.4 cm³/mol. The van der Waals surface area contributed by atoms with Gasteiger partial charge in [-0.05, 0) is 18.9 Å². The van der Waals surface area contributed by atoms with Crippen molar-refractivity contribution in [2.45, 2.75) is 24.4 Å². The van der Waals surface area contributed by atoms with Crippen LogP contribution in [0, 0.1) is 0 Å². The monoisotopic (exact) mass is 273 g/mol. The predicted octanol–water partition coefficient (Wildman–Crippen LogP) is 2.47. The minimum Gasteiger partial charge on any atom is -0.486 e. The lowest BCUT2D eigenvalue weighted by atomic mass is 9.93. The van der Waals surface area contributed by atoms with E-state index in [0.29, 0.717) is 6.54 Å². The summed E-state index contributed by atoms with van der Waals surface area (Å²) in [7, 11) is 0. The van der Waals surface area contributed by atoms with E-state index in [-0.39, 0.29) is 30.1 Å². The lowest BCUT2D eigenvalue weighted by Crippen LogP contribution is -2.25. The molecule has 104 valence electrons. The Bertz CT molecular complexity index is 509. The van der Waals surface area contributed by atoms with E-state index in [1.165, 1.54) is 6.07 Å². The third-order valence-electron chi connectivity index (χ3n) is 3.81. The molecule has 0 atom stereocenters. The van der Waals surface area contributed by atoms with Gasteiger partial charge in [0.15, 0.2) is 11.5 Å². The second-order valence-corrected chi connectivity index (χ2v) is 5.00. The molecule has 1 aliphatic heterocycles. The van der Waals surface area contributed by atoms with Crippen molar-refractivity contribution >= 4 is 0 Å². The first-order chi connectivity index (χ1) is 8.98. The van der Waals surface area contributed by atoms with Gasteiger partial charge in [0.25, 0.3) is 0 Å². The van der Waals surface area contributed by atoms with Gasteiger partial charge < -0.3 is 15.2 Å². The van der Waals surface area contributed by atoms with Crippen molar-refractivity contribution < 1.29 is 22.6 Å². The van der Waals surface area contributed by atoms with Crippen LogP contribution in [-0.2, 0) is 11.6 Å². The first-order valence-electron chi connectivity index (χ1n) is 6.18. The lowest BCUT2D eigenvalue weighted by molar-refractivity contribution is -0.139. The number of rotatable bonds is 2. The number of nitrogens with two attached hydrogens (primary N) is 1. The highest BCUT2D eigenvalue weighted by molar-refractivity contribution is 5.57. The molecule has 0 unspecified atom stereocenters. The van der Waals surface area contributed by atoms with Crippen LogP contribution < -0.4 is 15.2 Å². The van der Waals surface area contributed by atoms with Crippen molar-refractivity contribution in [2.24, 2.45) is 5.73 Å². The molecule has 1 aliphatic carbocycles. The third-order valence-corrected chi connectivity index (χ3v) is 3.81. The average molecular weight is 273 g/mol. The second kappa shape index (κ2) is 4.03. The van der Waals surface area contributed by atoms with Gasteiger partial charge >= 0.3 is 6.18 Å². The highest BCUT2D eigenvalue weighted by Crippen LogP contribution is 2.55. The van der Waals surface area contributed by atoms with E-state index >= 15 is 0 Å². The van der Waals surface area contributed by atoms with Gasteiger partial charge in [-0.25, -0.2) is 0 Å². The molecule has 0 saturated heterocycles. The summed E-state index contributed by atoms with van der Waals surface area (Å²) in [6.45, 7) is 0.811. The van der Waals surface area contributed by atoms with Crippen molar-refractivity contribution in [1.29, 1.82) is 0 Å². The Hall–Kier alpha value is -1.43. The van der Waals surface area contributed by atoms with Gasteiger partial charge in [0.1, 0.15) is 18.8 Å². The van der Waals surface area contributed by atoms with Crippen LogP contribution in [-0.4, -0.2) is 19.8 Å². The van der Waals surface area contributed by atoms with Gasteiger partial charge in [-0.1, -0.05) is 6.07 Å². The van der Waals surface area contributed by atoms with Gasteiger partial charge in [-0.15, -0.1) is 0 Å². The number of halogens is 3. The Morgan fingerprint density at radius 1 is 1.11 bits per heavy atom. The molecule has 19 heavy (non-hydrogen) atoms. The summed E-state index contributed by atoms with van der Waals surface area (Å²) < 4.78 is 49.5. The molecular weight excluding hydrogens is 259 g/mol. The average Bonchev–Trinajstić information content (AvgIpc) is 3.17. The molecule has 0 amide bonds. The molecule has 3 rings (SSSR count). The summed E-state index contributed by atoms with van der Waals surface area (Å²) >= 11 is 0. The largest absolute Gasteiger partial charge is 0.486 e. The maximum Gasteiger partial charge on any atom is 0.420 e. The smallest absolute Gasteiger partial charge is 0.420 e. The Kier molecular flexibility index (Phi) is 2.67. The molecule has 0 aromatic heterocycles. The Morgan fingerprint density at radius 2 is 1.74 bits per heavy atom. The van der Waals surface area contributed by atoms with Crippen molar-refractivity contribution in [1.82, 2.24) is 0 Å². The number of hydrogen-bond donors (Lipinski definition) is 1. The van der Waals surface area contributed by atoms with Crippen LogP contribution in [0.4, 0.5) is 13.2 Å². The number of ether oxygens (including phenoxy) is 2. The van der Waals surface area contributed by atoms with Crippen LogP contribution in [0.2, 0.25) is 0 Å². The topological polar surface area (TPSA) is 44.5 Å². The fourth-order valence-corrected chi connectivity index (χ4v) is 2.51. The molecule has 1 saturated carbocycles. The van der Waals surface area contributed by atoms with Crippen molar-refractivity contribution in [3.8, 4) is 11.5 Å². The molecular formula is C13H14F3NO2. The van der Waals surface area contributed by atoms with Crippen LogP contribution in [0.25, 0.3) is 0 Å². The molecule has 2 aliphatic rings. The molecule has 1 aromatic rings. The van der Waals surface area contributed by atoms with Gasteiger partial charge in [0.05, 0.1) is 0 Å². The summed E-state index contributed by atoms with van der Waals surface area (Å²) in [6.07, 6.45) is -2.68. The van der Waals surface area contributed by atoms with Crippen molar-refractivity contribution in [2.75, 3.05) is 19.8 Å². The fourth-order valence-electron chi connectivity index (χ4n) is 2.51. The maximum absolute atomic E-state index is 12.9. The van der Waals surface area contributed by atoms with Crippen LogP contribution in [0.5, 0.6) is 11.5 Å². The molecule has 1 aromatic carbocycles. The maximum atomic E-state index is 12.9. The van der Waals surface area contributed by atoms with Gasteiger partial charge in [-0.2, -0.15) is 13.2 Å². The van der Waals surface area contributed by atoms with E-state index in [2.05, 4.69) is 0 Å². The van der Waals surface area contributed by atoms with E-state index in [0.717, 1.165) is 24.5 Å². The standard InChI is InChI=1S/C13H14F3NO2/c14-13(15,16)9-2-1-8(12(7-17)3-4-12)10-11(9)19-6-5-18-10/h1-2H,3-7,17H2. The molecule has 1 heterocycles. The molecule has 0 radical (unpaired) electrons. The van der Waals surface area contributed by atoms with Crippen LogP contribution in [0.1, 0.15) is 24.0 Å². The summed E-state index contributed by atoms with van der Waals surface area (Å²) in [6, 6.07) is 2.55. The van der Waals surface area contributed by atoms with E-state index in [4.69, 9.17) is 15.2 Å². The number of benzene rings is 1. The third kappa shape index (κ3) is 1.94. The van der Waals surface area contributed by atoms with Gasteiger partial charge in [-0.3, -0.25) is 0 Å². The van der Waals surface area contributed by atoms with Crippen LogP contribution in [0.15, 0.2) is 12.1 Å². The zero-order valence-corrected chi connectivity index (χ0v) is 10.2. The fraction of sp³-hybridized carbons (Fsp3) is 0.538. The Labute approximate surface area is 108 Å². The number of alkyl halides is 3. The van der Waals surface area contributed by atoms with E-state index in [1.54, 1.807) is 0 Å². The first kappa shape index (κ1) is 12.6. The number of hydrogen-bond acceptors (Lipinski definition) is 3. The summed E-state index contributed by atoms with van der Waals surface area (Å²) in [5.74, 6) is 0.0417. The van der Waals surface area contributed by atoms with Crippen molar-refractivity contribution in [3.63, 3.8) is 0 Å². The molecule has 0 bridgehead atoms. The minimum absolute atomic E-state index is 0.134. The Morgan fingerprint density at radius 3 is 2.26 bits per heavy atom. The SMILES string of the molecule is NCC1(c2ccc(C(F)(F)F)c3c2OCCO3)CC1. The Balaban J connectivity index is 2.15. The zero-order valence-electron chi connectivity index (χ0n) is 10.2. The molecule has 6 heteroatoms. The highest BCUT2D eigenvalue weighted by Gasteiger charge is 2.47. The van der Waals surface area contributed by atoms with Gasteiger partial charge in [0.2, 0.25) is 0 Å². The zero-order chi connectivity index (χ0) is 13.7. The van der Waals surface area contributed by atoms with Crippen LogP contribution in [0.3, 0.4) is 0 Å². The number of fused-ring (bicyclic) bond motifs is 1. The minimum atomic E-state index is -4.44. The lowest BCUT2D eigenvalue weighted by Gasteiger charge is -2.27. The first-order valence-corrected chi connectivity index (χ1v) is 6.18. The molecule has 0 spiro atoms. The quantitative estimate of drug-likeness (QED) is 0.900. The normalized spacial score (nSPS) is 20.2. The summed E-state index contributed by atoms with van der Waals surface area (Å²) in [5, 5.41) is 0. The second-order valence-electron chi connectivity index (χ2n) is 5.00. The van der Waals surface area contributed by atoms with E-state index in [1.807, 2.05) is 0 Å². The summed E-state index contributed by atoms with van der Waals surface area (Å²) in [4.78, 5) is 0. The van der Waals surface area contributed by atoms with E-state index in [9.17, 15) is 13.2 Å². The highest BCUT2D eigenvalue weighted by atomic mass is 19.4. The molecule has 2 N–H and O–H groups in total. The van der Waals surface area contributed by atoms with Gasteiger partial charge in [0, 0.05) is 17.5 Å². The molecule has 1 fully saturated rings.